The van der Waals surface area contributed by atoms with Crippen LogP contribution >= 0.6 is 11.5 Å². The SMILES string of the molecule is COc1ccc(C(C(=O)NC2CCCC2)N(C(=O)c2snc(C(N)=O)c2N)c2ccccc2OC)cc1. The van der Waals surface area contributed by atoms with Crippen LogP contribution in [0.15, 0.2) is 48.5 Å². The maximum Gasteiger partial charge on any atom is 0.273 e. The van der Waals surface area contributed by atoms with Gasteiger partial charge in [0.05, 0.1) is 25.6 Å². The number of ether oxygens (including phenoxy) is 2. The fourth-order valence-electron chi connectivity index (χ4n) is 4.49. The molecule has 1 aromatic heterocycles. The Morgan fingerprint density at radius 1 is 1.05 bits per heavy atom. The van der Waals surface area contributed by atoms with Crippen LogP contribution in [0.2, 0.25) is 0 Å². The second-order valence-corrected chi connectivity index (χ2v) is 9.42. The van der Waals surface area contributed by atoms with Crippen molar-refractivity contribution in [3.63, 3.8) is 0 Å². The van der Waals surface area contributed by atoms with Crippen LogP contribution in [0, 0.1) is 0 Å². The minimum atomic E-state index is -1.09. The summed E-state index contributed by atoms with van der Waals surface area (Å²) in [6.45, 7) is 0. The molecule has 1 aliphatic rings. The Morgan fingerprint density at radius 3 is 2.32 bits per heavy atom. The van der Waals surface area contributed by atoms with Gasteiger partial charge < -0.3 is 26.3 Å². The first kappa shape index (κ1) is 26.0. The molecule has 3 amide bonds. The summed E-state index contributed by atoms with van der Waals surface area (Å²) in [4.78, 5) is 41.2. The van der Waals surface area contributed by atoms with Crippen LogP contribution in [0.25, 0.3) is 0 Å². The summed E-state index contributed by atoms with van der Waals surface area (Å²) in [5.41, 5.74) is 12.1. The van der Waals surface area contributed by atoms with Crippen molar-refractivity contribution in [3.05, 3.63) is 64.7 Å². The maximum absolute atomic E-state index is 14.2. The number of nitrogens with zero attached hydrogens (tertiary/aromatic N) is 2. The Balaban J connectivity index is 1.88. The summed E-state index contributed by atoms with van der Waals surface area (Å²) in [5, 5.41) is 3.12. The van der Waals surface area contributed by atoms with Gasteiger partial charge >= 0.3 is 0 Å². The Bertz CT molecular complexity index is 1290. The second kappa shape index (κ2) is 11.3. The Labute approximate surface area is 218 Å². The number of benzene rings is 2. The molecule has 0 aliphatic heterocycles. The lowest BCUT2D eigenvalue weighted by Crippen LogP contribution is -2.46. The molecule has 0 saturated heterocycles. The molecule has 0 radical (unpaired) electrons. The molecule has 1 saturated carbocycles. The first-order valence-corrected chi connectivity index (χ1v) is 12.6. The van der Waals surface area contributed by atoms with Gasteiger partial charge in [0.25, 0.3) is 11.8 Å². The lowest BCUT2D eigenvalue weighted by Gasteiger charge is -2.33. The number of primary amides is 1. The fraction of sp³-hybridized carbons (Fsp3) is 0.308. The average Bonchev–Trinajstić information content (AvgIpc) is 3.56. The molecule has 3 aromatic rings. The van der Waals surface area contributed by atoms with Crippen molar-refractivity contribution in [2.24, 2.45) is 5.73 Å². The zero-order chi connectivity index (χ0) is 26.5. The third kappa shape index (κ3) is 5.36. The predicted molar refractivity (Wildman–Crippen MR) is 141 cm³/mol. The van der Waals surface area contributed by atoms with Crippen LogP contribution in [0.1, 0.15) is 57.4 Å². The van der Waals surface area contributed by atoms with E-state index in [0.717, 1.165) is 37.2 Å². The fourth-order valence-corrected chi connectivity index (χ4v) is 5.23. The summed E-state index contributed by atoms with van der Waals surface area (Å²) in [6, 6.07) is 12.7. The largest absolute Gasteiger partial charge is 0.497 e. The van der Waals surface area contributed by atoms with Gasteiger partial charge in [-0.2, -0.15) is 4.37 Å². The van der Waals surface area contributed by atoms with Crippen LogP contribution in [0.4, 0.5) is 11.4 Å². The summed E-state index contributed by atoms with van der Waals surface area (Å²) in [6.07, 6.45) is 3.79. The number of aromatic nitrogens is 1. The smallest absolute Gasteiger partial charge is 0.273 e. The first-order valence-electron chi connectivity index (χ1n) is 11.8. The van der Waals surface area contributed by atoms with Crippen LogP contribution in [0.3, 0.4) is 0 Å². The summed E-state index contributed by atoms with van der Waals surface area (Å²) < 4.78 is 14.8. The zero-order valence-electron chi connectivity index (χ0n) is 20.6. The molecule has 5 N–H and O–H groups in total. The first-order chi connectivity index (χ1) is 17.8. The number of nitrogens with two attached hydrogens (primary N) is 2. The molecule has 2 aromatic carbocycles. The van der Waals surface area contributed by atoms with Gasteiger partial charge in [0.2, 0.25) is 5.91 Å². The van der Waals surface area contributed by atoms with Gasteiger partial charge in [0.15, 0.2) is 5.69 Å². The van der Waals surface area contributed by atoms with Crippen molar-refractivity contribution in [2.45, 2.75) is 37.8 Å². The van der Waals surface area contributed by atoms with E-state index in [1.165, 1.54) is 12.0 Å². The van der Waals surface area contributed by atoms with Gasteiger partial charge in [-0.1, -0.05) is 37.1 Å². The molecule has 1 heterocycles. The Kier molecular flexibility index (Phi) is 7.92. The molecule has 1 fully saturated rings. The van der Waals surface area contributed by atoms with Crippen molar-refractivity contribution in [1.29, 1.82) is 0 Å². The van der Waals surface area contributed by atoms with E-state index >= 15 is 0 Å². The van der Waals surface area contributed by atoms with E-state index in [0.29, 0.717) is 22.7 Å². The number of nitrogens with one attached hydrogen (secondary N) is 1. The molecule has 194 valence electrons. The molecule has 1 unspecified atom stereocenters. The molecule has 1 atom stereocenters. The van der Waals surface area contributed by atoms with E-state index in [9.17, 15) is 14.4 Å². The minimum Gasteiger partial charge on any atom is -0.497 e. The van der Waals surface area contributed by atoms with Crippen molar-refractivity contribution in [2.75, 3.05) is 24.9 Å². The monoisotopic (exact) mass is 523 g/mol. The van der Waals surface area contributed by atoms with Crippen LogP contribution in [-0.4, -0.2) is 42.4 Å². The van der Waals surface area contributed by atoms with Gasteiger partial charge in [0.1, 0.15) is 22.4 Å². The molecule has 0 spiro atoms. The number of nitrogen functional groups attached to an aromatic ring is 1. The standard InChI is InChI=1S/C26H29N5O5S/c1-35-17-13-11-15(12-14-17)22(25(33)29-16-7-3-4-8-16)31(18-9-5-6-10-19(18)36-2)26(34)23-20(27)21(24(28)32)30-37-23/h5-6,9-14,16,22H,3-4,7-8,27H2,1-2H3,(H2,28,32)(H,29,33). The number of hydrogen-bond acceptors (Lipinski definition) is 8. The highest BCUT2D eigenvalue weighted by atomic mass is 32.1. The number of methoxy groups -OCH3 is 2. The maximum atomic E-state index is 14.2. The Morgan fingerprint density at radius 2 is 1.73 bits per heavy atom. The number of carbonyl (C=O) groups excluding carboxylic acids is 3. The molecule has 10 nitrogen and oxygen atoms in total. The molecule has 11 heteroatoms. The molecule has 37 heavy (non-hydrogen) atoms. The third-order valence-corrected chi connectivity index (χ3v) is 7.21. The van der Waals surface area contributed by atoms with Crippen LogP contribution in [-0.2, 0) is 4.79 Å². The lowest BCUT2D eigenvalue weighted by molar-refractivity contribution is -0.123. The lowest BCUT2D eigenvalue weighted by atomic mass is 10.0. The van der Waals surface area contributed by atoms with Gasteiger partial charge in [-0.25, -0.2) is 0 Å². The van der Waals surface area contributed by atoms with E-state index in [2.05, 4.69) is 9.69 Å². The highest BCUT2D eigenvalue weighted by Gasteiger charge is 2.38. The van der Waals surface area contributed by atoms with Gasteiger partial charge in [-0.15, -0.1) is 0 Å². The van der Waals surface area contributed by atoms with Gasteiger partial charge in [0, 0.05) is 6.04 Å². The summed E-state index contributed by atoms with van der Waals surface area (Å²) in [7, 11) is 3.03. The Hall–Kier alpha value is -4.12. The molecule has 4 rings (SSSR count). The zero-order valence-corrected chi connectivity index (χ0v) is 21.4. The van der Waals surface area contributed by atoms with Crippen molar-refractivity contribution in [1.82, 2.24) is 9.69 Å². The summed E-state index contributed by atoms with van der Waals surface area (Å²) in [5.74, 6) is -0.834. The van der Waals surface area contributed by atoms with Gasteiger partial charge in [-0.3, -0.25) is 19.3 Å². The van der Waals surface area contributed by atoms with E-state index in [4.69, 9.17) is 20.9 Å². The summed E-state index contributed by atoms with van der Waals surface area (Å²) >= 11 is 0.753. The molecular formula is C26H29N5O5S. The van der Waals surface area contributed by atoms with E-state index in [1.54, 1.807) is 55.6 Å². The normalized spacial score (nSPS) is 14.1. The van der Waals surface area contributed by atoms with E-state index < -0.39 is 17.9 Å². The average molecular weight is 524 g/mol. The number of para-hydroxylation sites is 2. The third-order valence-electron chi connectivity index (χ3n) is 6.36. The highest BCUT2D eigenvalue weighted by molar-refractivity contribution is 7.09. The van der Waals surface area contributed by atoms with Crippen LogP contribution in [0.5, 0.6) is 11.5 Å². The number of anilines is 2. The van der Waals surface area contributed by atoms with E-state index in [-0.39, 0.29) is 28.2 Å². The molecule has 1 aliphatic carbocycles. The number of hydrogen-bond donors (Lipinski definition) is 3. The molecular weight excluding hydrogens is 494 g/mol. The topological polar surface area (TPSA) is 150 Å². The number of amides is 3. The second-order valence-electron chi connectivity index (χ2n) is 8.65. The number of rotatable bonds is 9. The number of carbonyl (C=O) groups is 3. The van der Waals surface area contributed by atoms with E-state index in [1.807, 2.05) is 0 Å². The minimum absolute atomic E-state index is 0.00751. The van der Waals surface area contributed by atoms with Crippen LogP contribution < -0.4 is 31.2 Å². The van der Waals surface area contributed by atoms with Gasteiger partial charge in [-0.05, 0) is 54.2 Å². The predicted octanol–water partition coefficient (Wildman–Crippen LogP) is 3.29. The molecule has 0 bridgehead atoms. The van der Waals surface area contributed by atoms with Crippen molar-refractivity contribution >= 4 is 40.6 Å². The van der Waals surface area contributed by atoms with Crippen molar-refractivity contribution in [3.8, 4) is 11.5 Å². The quantitative estimate of drug-likeness (QED) is 0.389. The van der Waals surface area contributed by atoms with Crippen molar-refractivity contribution < 1.29 is 23.9 Å². The highest BCUT2D eigenvalue weighted by Crippen LogP contribution is 2.38.